The Kier molecular flexibility index (Phi) is 3.54. The molecule has 1 aromatic heterocycles. The molecule has 0 aromatic carbocycles. The summed E-state index contributed by atoms with van der Waals surface area (Å²) in [7, 11) is 0. The highest BCUT2D eigenvalue weighted by molar-refractivity contribution is 7.73. The molecule has 2 rings (SSSR count). The van der Waals surface area contributed by atoms with E-state index in [1.165, 1.54) is 11.3 Å². The lowest BCUT2D eigenvalue weighted by Gasteiger charge is -2.28. The van der Waals surface area contributed by atoms with Crippen LogP contribution < -0.4 is 0 Å². The van der Waals surface area contributed by atoms with Gasteiger partial charge in [0.1, 0.15) is 0 Å². The van der Waals surface area contributed by atoms with Crippen LogP contribution in [0.4, 0.5) is 0 Å². The van der Waals surface area contributed by atoms with E-state index < -0.39 is 0 Å². The SMILES string of the molecule is N#CN=C1OCCCN1Cc1c[nH]c(=S)s1. The minimum Gasteiger partial charge on any atom is -0.464 e. The first-order valence-corrected chi connectivity index (χ1v) is 6.04. The number of aromatic nitrogens is 1. The second-order valence-electron chi connectivity index (χ2n) is 3.26. The van der Waals surface area contributed by atoms with Gasteiger partial charge in [-0.15, -0.1) is 16.3 Å². The van der Waals surface area contributed by atoms with E-state index in [0.29, 0.717) is 19.2 Å². The van der Waals surface area contributed by atoms with Crippen LogP contribution in [0.3, 0.4) is 0 Å². The van der Waals surface area contributed by atoms with Crippen LogP contribution in [-0.2, 0) is 11.3 Å². The summed E-state index contributed by atoms with van der Waals surface area (Å²) in [4.78, 5) is 9.69. The standard InChI is InChI=1S/C9H10N4OS2/c10-6-12-8-13(2-1-3-14-8)5-7-4-11-9(15)16-7/h4H,1-3,5H2,(H,11,15). The Bertz CT molecular complexity index is 484. The topological polar surface area (TPSA) is 64.4 Å². The molecule has 84 valence electrons. The van der Waals surface area contributed by atoms with Gasteiger partial charge < -0.3 is 14.6 Å². The fourth-order valence-corrected chi connectivity index (χ4v) is 2.56. The largest absolute Gasteiger partial charge is 0.464 e. The van der Waals surface area contributed by atoms with Crippen molar-refractivity contribution in [3.8, 4) is 6.19 Å². The quantitative estimate of drug-likeness (QED) is 0.646. The summed E-state index contributed by atoms with van der Waals surface area (Å²) in [6, 6.07) is 0.410. The first-order valence-electron chi connectivity index (χ1n) is 4.81. The van der Waals surface area contributed by atoms with E-state index in [-0.39, 0.29) is 0 Å². The summed E-state index contributed by atoms with van der Waals surface area (Å²) in [5.74, 6) is 0. The number of rotatable bonds is 2. The smallest absolute Gasteiger partial charge is 0.303 e. The molecule has 7 heteroatoms. The number of nitrogens with one attached hydrogen (secondary N) is 1. The van der Waals surface area contributed by atoms with E-state index in [4.69, 9.17) is 22.2 Å². The molecule has 5 nitrogen and oxygen atoms in total. The third kappa shape index (κ3) is 2.59. The van der Waals surface area contributed by atoms with E-state index in [2.05, 4.69) is 9.98 Å². The molecule has 1 aromatic rings. The molecule has 2 heterocycles. The van der Waals surface area contributed by atoms with Gasteiger partial charge in [-0.25, -0.2) is 0 Å². The van der Waals surface area contributed by atoms with Crippen molar-refractivity contribution in [2.24, 2.45) is 4.99 Å². The van der Waals surface area contributed by atoms with Crippen molar-refractivity contribution in [2.75, 3.05) is 13.2 Å². The molecular weight excluding hydrogens is 244 g/mol. The predicted molar refractivity (Wildman–Crippen MR) is 63.5 cm³/mol. The fourth-order valence-electron chi connectivity index (χ4n) is 1.48. The van der Waals surface area contributed by atoms with Crippen molar-refractivity contribution < 1.29 is 4.74 Å². The minimum absolute atomic E-state index is 0.410. The molecule has 0 unspecified atom stereocenters. The highest BCUT2D eigenvalue weighted by Crippen LogP contribution is 2.15. The highest BCUT2D eigenvalue weighted by atomic mass is 32.1. The fraction of sp³-hybridized carbons (Fsp3) is 0.444. The van der Waals surface area contributed by atoms with Crippen LogP contribution in [0.25, 0.3) is 0 Å². The zero-order valence-electron chi connectivity index (χ0n) is 8.47. The summed E-state index contributed by atoms with van der Waals surface area (Å²) in [6.07, 6.45) is 4.58. The number of thiazole rings is 1. The zero-order chi connectivity index (χ0) is 11.4. The van der Waals surface area contributed by atoms with Crippen molar-refractivity contribution in [1.82, 2.24) is 9.88 Å². The lowest BCUT2D eigenvalue weighted by molar-refractivity contribution is 0.171. The van der Waals surface area contributed by atoms with Crippen LogP contribution in [0.5, 0.6) is 0 Å². The van der Waals surface area contributed by atoms with E-state index in [1.807, 2.05) is 11.1 Å². The van der Waals surface area contributed by atoms with Gasteiger partial charge in [0.2, 0.25) is 6.19 Å². The van der Waals surface area contributed by atoms with Gasteiger partial charge >= 0.3 is 6.02 Å². The molecule has 1 N–H and O–H groups in total. The van der Waals surface area contributed by atoms with Crippen molar-refractivity contribution in [1.29, 1.82) is 5.26 Å². The van der Waals surface area contributed by atoms with Gasteiger partial charge in [-0.1, -0.05) is 0 Å². The van der Waals surface area contributed by atoms with Crippen LogP contribution >= 0.6 is 23.6 Å². The molecule has 0 aliphatic carbocycles. The Labute approximate surface area is 102 Å². The Balaban J connectivity index is 2.10. The van der Waals surface area contributed by atoms with E-state index in [9.17, 15) is 0 Å². The number of hydrogen-bond acceptors (Lipinski definition) is 5. The van der Waals surface area contributed by atoms with Crippen molar-refractivity contribution in [2.45, 2.75) is 13.0 Å². The summed E-state index contributed by atoms with van der Waals surface area (Å²) < 4.78 is 6.09. The maximum atomic E-state index is 8.54. The molecule has 1 saturated heterocycles. The number of aromatic amines is 1. The second kappa shape index (κ2) is 5.09. The van der Waals surface area contributed by atoms with Crippen molar-refractivity contribution in [3.63, 3.8) is 0 Å². The lowest BCUT2D eigenvalue weighted by Crippen LogP contribution is -2.38. The molecule has 1 aliphatic heterocycles. The molecule has 1 aliphatic rings. The average Bonchev–Trinajstić information content (AvgIpc) is 2.67. The normalized spacial score (nSPS) is 18.2. The van der Waals surface area contributed by atoms with Crippen molar-refractivity contribution in [3.05, 3.63) is 15.0 Å². The lowest BCUT2D eigenvalue weighted by atomic mass is 10.3. The highest BCUT2D eigenvalue weighted by Gasteiger charge is 2.18. The molecule has 0 saturated carbocycles. The zero-order valence-corrected chi connectivity index (χ0v) is 10.1. The van der Waals surface area contributed by atoms with Crippen LogP contribution in [-0.4, -0.2) is 29.1 Å². The van der Waals surface area contributed by atoms with E-state index in [1.54, 1.807) is 6.19 Å². The van der Waals surface area contributed by atoms with Crippen LogP contribution in [0.15, 0.2) is 11.2 Å². The summed E-state index contributed by atoms with van der Waals surface area (Å²) >= 11 is 6.54. The Morgan fingerprint density at radius 3 is 3.31 bits per heavy atom. The number of ether oxygens (including phenoxy) is 1. The first kappa shape index (κ1) is 11.1. The van der Waals surface area contributed by atoms with Gasteiger partial charge in [-0.05, 0) is 18.6 Å². The number of H-pyrrole nitrogens is 1. The number of hydrogen-bond donors (Lipinski definition) is 1. The molecule has 0 radical (unpaired) electrons. The van der Waals surface area contributed by atoms with Gasteiger partial charge in [0.05, 0.1) is 13.2 Å². The average molecular weight is 254 g/mol. The Hall–Kier alpha value is -1.39. The van der Waals surface area contributed by atoms with Gasteiger partial charge in [-0.3, -0.25) is 0 Å². The molecule has 0 atom stereocenters. The molecule has 1 fully saturated rings. The maximum Gasteiger partial charge on any atom is 0.303 e. The van der Waals surface area contributed by atoms with Gasteiger partial charge in [0.15, 0.2) is 3.95 Å². The number of nitrogens with zero attached hydrogens (tertiary/aromatic N) is 3. The minimum atomic E-state index is 0.410. The predicted octanol–water partition coefficient (Wildman–Crippen LogP) is 1.87. The van der Waals surface area contributed by atoms with Crippen molar-refractivity contribution >= 4 is 29.6 Å². The van der Waals surface area contributed by atoms with Gasteiger partial charge in [0.25, 0.3) is 0 Å². The second-order valence-corrected chi connectivity index (χ2v) is 5.07. The van der Waals surface area contributed by atoms with E-state index >= 15 is 0 Å². The third-order valence-corrected chi connectivity index (χ3v) is 3.32. The number of nitriles is 1. The molecule has 0 bridgehead atoms. The molecule has 0 spiro atoms. The summed E-state index contributed by atoms with van der Waals surface area (Å²) in [5.41, 5.74) is 0. The number of aliphatic imine (C=N–C) groups is 1. The van der Waals surface area contributed by atoms with Crippen LogP contribution in [0, 0.1) is 15.4 Å². The summed E-state index contributed by atoms with van der Waals surface area (Å²) in [5, 5.41) is 8.54. The molecule has 16 heavy (non-hydrogen) atoms. The monoisotopic (exact) mass is 254 g/mol. The number of amidine groups is 1. The molecule has 0 amide bonds. The van der Waals surface area contributed by atoms with E-state index in [0.717, 1.165) is 21.8 Å². The van der Waals surface area contributed by atoms with Gasteiger partial charge in [-0.2, -0.15) is 5.26 Å². The van der Waals surface area contributed by atoms with Crippen LogP contribution in [0.2, 0.25) is 0 Å². The summed E-state index contributed by atoms with van der Waals surface area (Å²) in [6.45, 7) is 2.16. The first-order chi connectivity index (χ1) is 7.79. The maximum absolute atomic E-state index is 8.54. The Morgan fingerprint density at radius 1 is 1.75 bits per heavy atom. The molecular formula is C9H10N4OS2. The van der Waals surface area contributed by atoms with Crippen LogP contribution in [0.1, 0.15) is 11.3 Å². The van der Waals surface area contributed by atoms with Gasteiger partial charge in [0, 0.05) is 17.6 Å². The Morgan fingerprint density at radius 2 is 2.62 bits per heavy atom. The third-order valence-electron chi connectivity index (χ3n) is 2.14.